The van der Waals surface area contributed by atoms with Crippen molar-refractivity contribution in [2.24, 2.45) is 5.73 Å². The van der Waals surface area contributed by atoms with Gasteiger partial charge in [-0.15, -0.1) is 0 Å². The summed E-state index contributed by atoms with van der Waals surface area (Å²) in [6.07, 6.45) is 2.64. The summed E-state index contributed by atoms with van der Waals surface area (Å²) in [6.45, 7) is 1.72. The molecule has 3 heterocycles. The molecule has 1 fully saturated rings. The van der Waals surface area contributed by atoms with E-state index >= 15 is 0 Å². The van der Waals surface area contributed by atoms with Crippen LogP contribution >= 0.6 is 0 Å². The second-order valence-corrected chi connectivity index (χ2v) is 6.68. The van der Waals surface area contributed by atoms with Crippen molar-refractivity contribution in [2.75, 3.05) is 18.1 Å². The maximum atomic E-state index is 14.5. The predicted octanol–water partition coefficient (Wildman–Crippen LogP) is 1.78. The average molecular weight is 401 g/mol. The molecule has 2 N–H and O–H groups in total. The lowest BCUT2D eigenvalue weighted by Crippen LogP contribution is -2.50. The summed E-state index contributed by atoms with van der Waals surface area (Å²) in [4.78, 5) is 30.2. The van der Waals surface area contributed by atoms with Crippen LogP contribution in [-0.2, 0) is 15.2 Å². The topological polar surface area (TPSA) is 103 Å². The van der Waals surface area contributed by atoms with Gasteiger partial charge in [-0.25, -0.2) is 23.1 Å². The number of benzene rings is 1. The van der Waals surface area contributed by atoms with Gasteiger partial charge in [0.1, 0.15) is 28.7 Å². The van der Waals surface area contributed by atoms with Crippen LogP contribution in [0.2, 0.25) is 0 Å². The summed E-state index contributed by atoms with van der Waals surface area (Å²) in [6, 6.07) is 4.45. The van der Waals surface area contributed by atoms with Gasteiger partial charge in [-0.05, 0) is 31.2 Å². The van der Waals surface area contributed by atoms with Crippen molar-refractivity contribution in [3.05, 3.63) is 59.4 Å². The summed E-state index contributed by atoms with van der Waals surface area (Å²) >= 11 is 0. The molecule has 29 heavy (non-hydrogen) atoms. The van der Waals surface area contributed by atoms with Gasteiger partial charge in [0, 0.05) is 18.2 Å². The number of ketones is 1. The van der Waals surface area contributed by atoms with E-state index in [9.17, 15) is 18.4 Å². The highest BCUT2D eigenvalue weighted by molar-refractivity contribution is 5.96. The summed E-state index contributed by atoms with van der Waals surface area (Å²) in [5.74, 6) is -2.03. The second kappa shape index (κ2) is 6.89. The van der Waals surface area contributed by atoms with E-state index in [1.807, 2.05) is 0 Å². The number of Topliss-reactive ketones (excluding diaryl/α,β-unsaturated/α-hetero) is 1. The molecule has 0 saturated carbocycles. The molecule has 4 rings (SSSR count). The third-order valence-electron chi connectivity index (χ3n) is 4.80. The minimum absolute atomic E-state index is 0.138. The summed E-state index contributed by atoms with van der Waals surface area (Å²) < 4.78 is 34.6. The zero-order chi connectivity index (χ0) is 20.8. The number of hydrogen-bond donors (Lipinski definition) is 1. The van der Waals surface area contributed by atoms with Gasteiger partial charge >= 0.3 is 5.97 Å². The highest BCUT2D eigenvalue weighted by atomic mass is 19.1. The van der Waals surface area contributed by atoms with E-state index in [0.717, 1.165) is 18.2 Å². The van der Waals surface area contributed by atoms with Crippen LogP contribution in [0.15, 0.2) is 36.7 Å². The third kappa shape index (κ3) is 3.11. The van der Waals surface area contributed by atoms with Gasteiger partial charge < -0.3 is 15.4 Å². The standard InChI is InChI=1S/C19H17F2N5O3/c1-2-29-18(28)13-9-23-26-6-5-16(24-17(13)26)25-10-12(27)8-19(25,22)14-7-11(20)3-4-15(14)21/h3-7,9H,2,8,10,22H2,1H3. The number of anilines is 1. The Morgan fingerprint density at radius 2 is 2.14 bits per heavy atom. The van der Waals surface area contributed by atoms with Crippen LogP contribution in [0.25, 0.3) is 5.65 Å². The Bertz CT molecular complexity index is 1130. The molecule has 1 aliphatic rings. The van der Waals surface area contributed by atoms with Gasteiger partial charge in [-0.3, -0.25) is 4.79 Å². The first-order valence-electron chi connectivity index (χ1n) is 8.88. The van der Waals surface area contributed by atoms with E-state index in [0.29, 0.717) is 0 Å². The highest BCUT2D eigenvalue weighted by Gasteiger charge is 2.46. The molecular formula is C19H17F2N5O3. The molecule has 3 aromatic rings. The normalized spacial score (nSPS) is 19.2. The summed E-state index contributed by atoms with van der Waals surface area (Å²) in [5.41, 5.74) is 4.99. The average Bonchev–Trinajstić information content (AvgIpc) is 3.24. The monoisotopic (exact) mass is 401 g/mol. The maximum Gasteiger partial charge on any atom is 0.343 e. The quantitative estimate of drug-likeness (QED) is 0.665. The van der Waals surface area contributed by atoms with Crippen molar-refractivity contribution in [2.45, 2.75) is 19.0 Å². The van der Waals surface area contributed by atoms with Crippen LogP contribution in [0.4, 0.5) is 14.6 Å². The van der Waals surface area contributed by atoms with Gasteiger partial charge in [0.2, 0.25) is 0 Å². The lowest BCUT2D eigenvalue weighted by atomic mass is 9.96. The molecule has 8 nitrogen and oxygen atoms in total. The number of hydrogen-bond acceptors (Lipinski definition) is 7. The van der Waals surface area contributed by atoms with Gasteiger partial charge in [0.05, 0.1) is 19.3 Å². The Balaban J connectivity index is 1.83. The first-order valence-corrected chi connectivity index (χ1v) is 8.88. The number of nitrogens with two attached hydrogens (primary N) is 1. The molecule has 0 amide bonds. The Kier molecular flexibility index (Phi) is 4.50. The van der Waals surface area contributed by atoms with E-state index in [4.69, 9.17) is 10.5 Å². The minimum atomic E-state index is -1.63. The molecule has 0 radical (unpaired) electrons. The minimum Gasteiger partial charge on any atom is -0.462 e. The number of fused-ring (bicyclic) bond motifs is 1. The van der Waals surface area contributed by atoms with Crippen LogP contribution in [0, 0.1) is 11.6 Å². The number of carbonyl (C=O) groups excluding carboxylic acids is 2. The summed E-state index contributed by atoms with van der Waals surface area (Å²) in [5, 5.41) is 4.05. The van der Waals surface area contributed by atoms with E-state index in [1.54, 1.807) is 6.92 Å². The van der Waals surface area contributed by atoms with Gasteiger partial charge in [-0.2, -0.15) is 5.10 Å². The Morgan fingerprint density at radius 1 is 1.34 bits per heavy atom. The first-order chi connectivity index (χ1) is 13.8. The molecule has 10 heteroatoms. The lowest BCUT2D eigenvalue weighted by molar-refractivity contribution is -0.116. The number of ether oxygens (including phenoxy) is 1. The van der Waals surface area contributed by atoms with Crippen LogP contribution in [0.5, 0.6) is 0 Å². The fraction of sp³-hybridized carbons (Fsp3) is 0.263. The first kappa shape index (κ1) is 18.9. The smallest absolute Gasteiger partial charge is 0.343 e. The van der Waals surface area contributed by atoms with Crippen LogP contribution < -0.4 is 10.6 Å². The molecule has 0 spiro atoms. The van der Waals surface area contributed by atoms with E-state index < -0.39 is 23.3 Å². The van der Waals surface area contributed by atoms with Crippen molar-refractivity contribution in [1.82, 2.24) is 14.6 Å². The van der Waals surface area contributed by atoms with Crippen molar-refractivity contribution in [3.8, 4) is 0 Å². The fourth-order valence-electron chi connectivity index (χ4n) is 3.49. The molecule has 1 aliphatic heterocycles. The Labute approximate surface area is 163 Å². The zero-order valence-electron chi connectivity index (χ0n) is 15.4. The van der Waals surface area contributed by atoms with Crippen LogP contribution in [-0.4, -0.2) is 39.5 Å². The van der Waals surface area contributed by atoms with Crippen LogP contribution in [0.3, 0.4) is 0 Å². The van der Waals surface area contributed by atoms with Crippen molar-refractivity contribution in [1.29, 1.82) is 0 Å². The van der Waals surface area contributed by atoms with E-state index in [1.165, 1.54) is 27.9 Å². The number of rotatable bonds is 4. The van der Waals surface area contributed by atoms with Gasteiger partial charge in [0.15, 0.2) is 11.4 Å². The largest absolute Gasteiger partial charge is 0.462 e. The maximum absolute atomic E-state index is 14.5. The molecule has 150 valence electrons. The van der Waals surface area contributed by atoms with Gasteiger partial charge in [-0.1, -0.05) is 0 Å². The summed E-state index contributed by atoms with van der Waals surface area (Å²) in [7, 11) is 0. The molecule has 0 bridgehead atoms. The number of esters is 1. The van der Waals surface area contributed by atoms with Crippen molar-refractivity contribution < 1.29 is 23.1 Å². The SMILES string of the molecule is CCOC(=O)c1cnn2ccc(N3CC(=O)CC3(N)c3cc(F)ccc3F)nc12. The fourth-order valence-corrected chi connectivity index (χ4v) is 3.49. The lowest BCUT2D eigenvalue weighted by Gasteiger charge is -2.35. The van der Waals surface area contributed by atoms with Crippen LogP contribution in [0.1, 0.15) is 29.3 Å². The van der Waals surface area contributed by atoms with Crippen molar-refractivity contribution in [3.63, 3.8) is 0 Å². The highest BCUT2D eigenvalue weighted by Crippen LogP contribution is 2.37. The molecule has 1 saturated heterocycles. The molecule has 1 aromatic carbocycles. The number of aromatic nitrogens is 3. The van der Waals surface area contributed by atoms with E-state index in [-0.39, 0.29) is 47.9 Å². The van der Waals surface area contributed by atoms with Gasteiger partial charge in [0.25, 0.3) is 0 Å². The molecular weight excluding hydrogens is 384 g/mol. The molecule has 1 unspecified atom stereocenters. The Morgan fingerprint density at radius 3 is 2.90 bits per heavy atom. The molecule has 1 atom stereocenters. The van der Waals surface area contributed by atoms with Crippen molar-refractivity contribution >= 4 is 23.2 Å². The predicted molar refractivity (Wildman–Crippen MR) is 98.1 cm³/mol. The number of nitrogens with zero attached hydrogens (tertiary/aromatic N) is 4. The third-order valence-corrected chi connectivity index (χ3v) is 4.80. The number of halogens is 2. The second-order valence-electron chi connectivity index (χ2n) is 6.68. The van der Waals surface area contributed by atoms with E-state index in [2.05, 4.69) is 10.1 Å². The molecule has 2 aromatic heterocycles. The zero-order valence-corrected chi connectivity index (χ0v) is 15.4. The number of carbonyl (C=O) groups is 2. The molecule has 0 aliphatic carbocycles. The Hall–Kier alpha value is -3.40.